The largest absolute Gasteiger partial charge is 0.330 e. The van der Waals surface area contributed by atoms with Gasteiger partial charge in [0.2, 0.25) is 0 Å². The van der Waals surface area contributed by atoms with Crippen molar-refractivity contribution in [3.8, 4) is 0 Å². The van der Waals surface area contributed by atoms with Gasteiger partial charge in [0.15, 0.2) is 0 Å². The number of hydrogen-bond donors (Lipinski definition) is 0. The molecule has 0 N–H and O–H groups in total. The van der Waals surface area contributed by atoms with E-state index in [1.807, 2.05) is 0 Å². The molecule has 1 aromatic carbocycles. The molecule has 118 valence electrons. The van der Waals surface area contributed by atoms with E-state index in [1.165, 1.54) is 22.2 Å². The lowest BCUT2D eigenvalue weighted by Crippen LogP contribution is -2.38. The van der Waals surface area contributed by atoms with Crippen LogP contribution in [0.3, 0.4) is 0 Å². The Labute approximate surface area is 148 Å². The fourth-order valence-electron chi connectivity index (χ4n) is 2.56. The summed E-state index contributed by atoms with van der Waals surface area (Å²) in [6.07, 6.45) is 0. The van der Waals surface area contributed by atoms with E-state index in [2.05, 4.69) is 106 Å². The van der Waals surface area contributed by atoms with Crippen LogP contribution in [0.15, 0.2) is 12.1 Å². The van der Waals surface area contributed by atoms with Gasteiger partial charge in [-0.2, -0.15) is 0 Å². The fourth-order valence-corrected chi connectivity index (χ4v) is 3.55. The first-order valence-electron chi connectivity index (χ1n) is 7.63. The molecule has 3 heteroatoms. The van der Waals surface area contributed by atoms with Crippen LogP contribution < -0.4 is 5.46 Å². The van der Waals surface area contributed by atoms with Gasteiger partial charge < -0.3 is 0 Å². The smallest absolute Gasteiger partial charge is 0.132 e. The maximum absolute atomic E-state index is 3.76. The van der Waals surface area contributed by atoms with Crippen LogP contribution in [0.2, 0.25) is 0 Å². The van der Waals surface area contributed by atoms with Gasteiger partial charge in [0.05, 0.1) is 0 Å². The van der Waals surface area contributed by atoms with Crippen molar-refractivity contribution >= 4 is 41.3 Å². The summed E-state index contributed by atoms with van der Waals surface area (Å²) in [4.78, 5) is 0. The van der Waals surface area contributed by atoms with E-state index < -0.39 is 0 Å². The van der Waals surface area contributed by atoms with Crippen molar-refractivity contribution in [2.75, 3.05) is 0 Å². The molecule has 1 aromatic rings. The molecule has 0 aliphatic rings. The second kappa shape index (κ2) is 6.04. The van der Waals surface area contributed by atoms with E-state index in [9.17, 15) is 0 Å². The van der Waals surface area contributed by atoms with E-state index in [0.717, 1.165) is 0 Å². The van der Waals surface area contributed by atoms with Crippen molar-refractivity contribution in [1.82, 2.24) is 0 Å². The second-order valence-corrected chi connectivity index (χ2v) is 12.1. The molecule has 0 atom stereocenters. The summed E-state index contributed by atoms with van der Waals surface area (Å²) in [5.41, 5.74) is 6.07. The minimum absolute atomic E-state index is 0.121. The minimum Gasteiger partial charge on any atom is -0.132 e. The van der Waals surface area contributed by atoms with Crippen molar-refractivity contribution in [3.05, 3.63) is 28.8 Å². The lowest BCUT2D eigenvalue weighted by molar-refractivity contribution is 0.553. The number of halogens is 2. The molecule has 1 rings (SSSR count). The molecule has 0 heterocycles. The molecule has 0 aliphatic heterocycles. The molecule has 0 bridgehead atoms. The van der Waals surface area contributed by atoms with Gasteiger partial charge >= 0.3 is 4.36 Å². The average molecular weight is 416 g/mol. The average Bonchev–Trinajstić information content (AvgIpc) is 2.23. The van der Waals surface area contributed by atoms with Gasteiger partial charge in [-0.25, -0.2) is 0 Å². The van der Waals surface area contributed by atoms with Gasteiger partial charge in [-0.1, -0.05) is 74.4 Å². The van der Waals surface area contributed by atoms with Gasteiger partial charge in [0.1, 0.15) is 0 Å². The van der Waals surface area contributed by atoms with Crippen molar-refractivity contribution in [2.45, 2.75) is 78.6 Å². The van der Waals surface area contributed by atoms with E-state index in [0.29, 0.717) is 0 Å². The van der Waals surface area contributed by atoms with E-state index in [-0.39, 0.29) is 20.6 Å². The highest BCUT2D eigenvalue weighted by atomic mass is 79.9. The Morgan fingerprint density at radius 3 is 1.19 bits per heavy atom. The Morgan fingerprint density at radius 2 is 1.00 bits per heavy atom. The standard InChI is InChI=1S/C18H29BBr2/c1-16(2,3)12-10-13(17(4,5)6)15(19(20)21)14(11-12)18(7,8)9/h10-11H,1-9H3. The first-order chi connectivity index (χ1) is 9.15. The third-order valence-electron chi connectivity index (χ3n) is 3.88. The summed E-state index contributed by atoms with van der Waals surface area (Å²) >= 11 is 7.52. The van der Waals surface area contributed by atoms with Gasteiger partial charge in [0, 0.05) is 0 Å². The Hall–Kier alpha value is 0.245. The van der Waals surface area contributed by atoms with Crippen LogP contribution in [0.25, 0.3) is 0 Å². The maximum Gasteiger partial charge on any atom is 0.330 e. The molecule has 0 saturated carbocycles. The highest BCUT2D eigenvalue weighted by molar-refractivity contribution is 9.49. The van der Waals surface area contributed by atoms with Crippen LogP contribution in [0, 0.1) is 0 Å². The van der Waals surface area contributed by atoms with Crippen LogP contribution in [0.1, 0.15) is 79.0 Å². The van der Waals surface area contributed by atoms with Crippen LogP contribution in [-0.4, -0.2) is 4.36 Å². The third kappa shape index (κ3) is 4.61. The molecule has 0 amide bonds. The van der Waals surface area contributed by atoms with Crippen LogP contribution in [0.4, 0.5) is 0 Å². The SMILES string of the molecule is CC(C)(C)c1cc(C(C)(C)C)c(B(Br)Br)c(C(C)(C)C)c1. The Morgan fingerprint density at radius 1 is 0.667 bits per heavy atom. The molecule has 0 aliphatic carbocycles. The number of hydrogen-bond acceptors (Lipinski definition) is 0. The van der Waals surface area contributed by atoms with Gasteiger partial charge in [-0.3, -0.25) is 0 Å². The normalized spacial score (nSPS) is 13.5. The lowest BCUT2D eigenvalue weighted by Gasteiger charge is -2.34. The van der Waals surface area contributed by atoms with Gasteiger partial charge in [0.25, 0.3) is 0 Å². The molecule has 0 spiro atoms. The van der Waals surface area contributed by atoms with E-state index in [1.54, 1.807) is 0 Å². The minimum atomic E-state index is 0.121. The van der Waals surface area contributed by atoms with Crippen molar-refractivity contribution in [2.24, 2.45) is 0 Å². The second-order valence-electron chi connectivity index (χ2n) is 9.04. The summed E-state index contributed by atoms with van der Waals surface area (Å²) in [6, 6.07) is 4.81. The van der Waals surface area contributed by atoms with Crippen LogP contribution >= 0.6 is 31.5 Å². The molecular weight excluding hydrogens is 387 g/mol. The van der Waals surface area contributed by atoms with E-state index >= 15 is 0 Å². The summed E-state index contributed by atoms with van der Waals surface area (Å²) < 4.78 is 0.183. The van der Waals surface area contributed by atoms with Crippen molar-refractivity contribution < 1.29 is 0 Å². The third-order valence-corrected chi connectivity index (χ3v) is 4.80. The molecule has 0 nitrogen and oxygen atoms in total. The molecular formula is C18H29BBr2. The molecule has 0 aromatic heterocycles. The summed E-state index contributed by atoms with van der Waals surface area (Å²) in [5.74, 6) is 0. The number of rotatable bonds is 1. The zero-order valence-corrected chi connectivity index (χ0v) is 18.2. The Kier molecular flexibility index (Phi) is 5.55. The maximum atomic E-state index is 3.76. The molecule has 0 saturated heterocycles. The summed E-state index contributed by atoms with van der Waals surface area (Å²) in [7, 11) is 0. The first kappa shape index (κ1) is 19.3. The van der Waals surface area contributed by atoms with Gasteiger partial charge in [-0.15, -0.1) is 31.5 Å². The van der Waals surface area contributed by atoms with Crippen molar-refractivity contribution in [1.29, 1.82) is 0 Å². The first-order valence-corrected chi connectivity index (χ1v) is 9.46. The van der Waals surface area contributed by atoms with E-state index in [4.69, 9.17) is 0 Å². The van der Waals surface area contributed by atoms with Crippen LogP contribution in [0.5, 0.6) is 0 Å². The molecule has 0 radical (unpaired) electrons. The highest BCUT2D eigenvalue weighted by Crippen LogP contribution is 2.34. The Bertz CT molecular complexity index is 476. The zero-order chi connectivity index (χ0) is 16.8. The predicted octanol–water partition coefficient (Wildman–Crippen LogP) is 6.06. The topological polar surface area (TPSA) is 0 Å². The van der Waals surface area contributed by atoms with Gasteiger partial charge in [-0.05, 0) is 38.4 Å². The summed E-state index contributed by atoms with van der Waals surface area (Å²) in [5, 5.41) is 0. The van der Waals surface area contributed by atoms with Crippen molar-refractivity contribution in [3.63, 3.8) is 0 Å². The zero-order valence-electron chi connectivity index (χ0n) is 15.0. The number of benzene rings is 1. The monoisotopic (exact) mass is 414 g/mol. The molecule has 0 fully saturated rings. The van der Waals surface area contributed by atoms with Crippen LogP contribution in [-0.2, 0) is 16.2 Å². The Balaban J connectivity index is 3.85. The summed E-state index contributed by atoms with van der Waals surface area (Å²) in [6.45, 7) is 20.7. The quantitative estimate of drug-likeness (QED) is 0.488. The highest BCUT2D eigenvalue weighted by Gasteiger charge is 2.31. The lowest BCUT2D eigenvalue weighted by atomic mass is 9.67. The molecule has 21 heavy (non-hydrogen) atoms. The molecule has 0 unspecified atom stereocenters. The predicted molar refractivity (Wildman–Crippen MR) is 106 cm³/mol. The fraction of sp³-hybridized carbons (Fsp3) is 0.667.